The van der Waals surface area contributed by atoms with Crippen LogP contribution in [0.2, 0.25) is 0 Å². The number of aliphatic hydroxyl groups is 2. The van der Waals surface area contributed by atoms with Crippen LogP contribution in [0.1, 0.15) is 44.9 Å². The van der Waals surface area contributed by atoms with Crippen molar-refractivity contribution >= 4 is 16.7 Å². The highest BCUT2D eigenvalue weighted by Gasteiger charge is 2.44. The zero-order valence-corrected chi connectivity index (χ0v) is 20.1. The van der Waals surface area contributed by atoms with E-state index in [1.54, 1.807) is 0 Å². The Morgan fingerprint density at radius 3 is 2.54 bits per heavy atom. The highest BCUT2D eigenvalue weighted by molar-refractivity contribution is 5.83. The van der Waals surface area contributed by atoms with E-state index in [2.05, 4.69) is 6.07 Å². The molecule has 2 aromatic rings. The van der Waals surface area contributed by atoms with E-state index in [1.165, 1.54) is 0 Å². The molecular formula is C28H36O7. The van der Waals surface area contributed by atoms with Gasteiger partial charge in [-0.2, -0.15) is 0 Å². The van der Waals surface area contributed by atoms with E-state index in [0.29, 0.717) is 51.7 Å². The van der Waals surface area contributed by atoms with Gasteiger partial charge in [-0.3, -0.25) is 4.79 Å². The number of fused-ring (bicyclic) bond motifs is 1. The van der Waals surface area contributed by atoms with Crippen LogP contribution in [0.25, 0.3) is 10.8 Å². The molecule has 0 unspecified atom stereocenters. The fourth-order valence-electron chi connectivity index (χ4n) is 5.28. The Morgan fingerprint density at radius 1 is 1.03 bits per heavy atom. The first-order chi connectivity index (χ1) is 17.0. The summed E-state index contributed by atoms with van der Waals surface area (Å²) in [6.07, 6.45) is 6.51. The van der Waals surface area contributed by atoms with E-state index < -0.39 is 24.0 Å². The van der Waals surface area contributed by atoms with Gasteiger partial charge in [0.05, 0.1) is 25.4 Å². The third kappa shape index (κ3) is 6.82. The fourth-order valence-corrected chi connectivity index (χ4v) is 5.28. The number of aliphatic carboxylic acids is 1. The van der Waals surface area contributed by atoms with Crippen LogP contribution in [0, 0.1) is 11.8 Å². The van der Waals surface area contributed by atoms with Gasteiger partial charge < -0.3 is 29.5 Å². The summed E-state index contributed by atoms with van der Waals surface area (Å²) in [6, 6.07) is 14.1. The first-order valence-corrected chi connectivity index (χ1v) is 12.6. The lowest BCUT2D eigenvalue weighted by Crippen LogP contribution is -2.38. The number of carbonyl (C=O) groups is 1. The molecule has 3 N–H and O–H groups in total. The summed E-state index contributed by atoms with van der Waals surface area (Å²) in [5.41, 5.74) is 0. The molecule has 1 saturated carbocycles. The predicted molar refractivity (Wildman–Crippen MR) is 132 cm³/mol. The number of allylic oxidation sites excluding steroid dienone is 2. The molecule has 4 atom stereocenters. The molecule has 2 aromatic carbocycles. The van der Waals surface area contributed by atoms with Crippen molar-refractivity contribution in [2.75, 3.05) is 19.8 Å². The van der Waals surface area contributed by atoms with Gasteiger partial charge in [0.1, 0.15) is 12.4 Å². The average molecular weight is 485 g/mol. The maximum atomic E-state index is 10.6. The Hall–Kier alpha value is -2.45. The minimum Gasteiger partial charge on any atom is -0.488 e. The fraction of sp³-hybridized carbons (Fsp3) is 0.536. The first kappa shape index (κ1) is 25.6. The standard InChI is InChI=1S/C28H36O7/c29-25-18-26(30)24(23(25)9-3-1-2-4-10-27(31)32)13-14-28(34-15-16-35-28)19-33-22-12-11-20-7-5-6-8-21(20)17-22/h1,3,5-8,11-12,17,23-26,29-30H,2,4,9-10,13-16,18-19H2,(H,31,32)/b3-1-/t23-,24-,25-,26-/m1/s1. The Labute approximate surface area is 206 Å². The van der Waals surface area contributed by atoms with Crippen LogP contribution in [0.3, 0.4) is 0 Å². The van der Waals surface area contributed by atoms with Crippen molar-refractivity contribution in [3.8, 4) is 5.75 Å². The molecule has 2 fully saturated rings. The van der Waals surface area contributed by atoms with Crippen molar-refractivity contribution < 1.29 is 34.3 Å². The topological polar surface area (TPSA) is 105 Å². The van der Waals surface area contributed by atoms with Gasteiger partial charge in [0.15, 0.2) is 0 Å². The summed E-state index contributed by atoms with van der Waals surface area (Å²) < 4.78 is 18.1. The van der Waals surface area contributed by atoms with E-state index >= 15 is 0 Å². The highest BCUT2D eigenvalue weighted by atomic mass is 16.8. The molecule has 7 nitrogen and oxygen atoms in total. The van der Waals surface area contributed by atoms with E-state index in [-0.39, 0.29) is 24.9 Å². The molecule has 1 aliphatic heterocycles. The van der Waals surface area contributed by atoms with Gasteiger partial charge in [-0.05, 0) is 66.8 Å². The SMILES string of the molecule is O=C(O)CCC/C=C\C[C@@H]1[C@@H](CCC2(COc3ccc4ccccc4c3)OCCO2)[C@H](O)C[C@H]1O. The van der Waals surface area contributed by atoms with Gasteiger partial charge in [-0.1, -0.05) is 42.5 Å². The van der Waals surface area contributed by atoms with E-state index in [4.69, 9.17) is 19.3 Å². The molecule has 4 rings (SSSR count). The number of hydrogen-bond acceptors (Lipinski definition) is 6. The number of carboxylic acids is 1. The molecular weight excluding hydrogens is 448 g/mol. The van der Waals surface area contributed by atoms with Crippen molar-refractivity contribution in [3.63, 3.8) is 0 Å². The second-order valence-electron chi connectivity index (χ2n) is 9.64. The quantitative estimate of drug-likeness (QED) is 0.305. The number of aliphatic hydroxyl groups excluding tert-OH is 2. The summed E-state index contributed by atoms with van der Waals surface area (Å²) >= 11 is 0. The molecule has 1 heterocycles. The Balaban J connectivity index is 1.33. The summed E-state index contributed by atoms with van der Waals surface area (Å²) in [7, 11) is 0. The molecule has 0 amide bonds. The number of carboxylic acid groups (broad SMARTS) is 1. The van der Waals surface area contributed by atoms with Crippen molar-refractivity contribution in [2.24, 2.45) is 11.8 Å². The Kier molecular flexibility index (Phi) is 8.78. The van der Waals surface area contributed by atoms with Gasteiger partial charge >= 0.3 is 5.97 Å². The van der Waals surface area contributed by atoms with Gasteiger partial charge in [0.25, 0.3) is 0 Å². The van der Waals surface area contributed by atoms with Crippen LogP contribution >= 0.6 is 0 Å². The highest BCUT2D eigenvalue weighted by Crippen LogP contribution is 2.40. The second kappa shape index (κ2) is 12.0. The molecule has 1 saturated heterocycles. The average Bonchev–Trinajstić information content (AvgIpc) is 3.42. The molecule has 0 bridgehead atoms. The molecule has 0 aromatic heterocycles. The molecule has 0 spiro atoms. The largest absolute Gasteiger partial charge is 0.488 e. The monoisotopic (exact) mass is 484 g/mol. The number of benzene rings is 2. The van der Waals surface area contributed by atoms with Crippen molar-refractivity contribution in [3.05, 3.63) is 54.6 Å². The first-order valence-electron chi connectivity index (χ1n) is 12.6. The van der Waals surface area contributed by atoms with Crippen LogP contribution in [0.5, 0.6) is 5.75 Å². The number of hydrogen-bond donors (Lipinski definition) is 3. The van der Waals surface area contributed by atoms with E-state index in [0.717, 1.165) is 16.5 Å². The Bertz CT molecular complexity index is 998. The number of ether oxygens (including phenoxy) is 3. The predicted octanol–water partition coefficient (Wildman–Crippen LogP) is 4.30. The molecule has 1 aliphatic carbocycles. The van der Waals surface area contributed by atoms with Gasteiger partial charge in [-0.15, -0.1) is 0 Å². The van der Waals surface area contributed by atoms with Crippen molar-refractivity contribution in [2.45, 2.75) is 62.9 Å². The van der Waals surface area contributed by atoms with Crippen LogP contribution in [-0.4, -0.2) is 59.1 Å². The molecule has 190 valence electrons. The lowest BCUT2D eigenvalue weighted by atomic mass is 9.85. The maximum Gasteiger partial charge on any atom is 0.303 e. The lowest BCUT2D eigenvalue weighted by molar-refractivity contribution is -0.185. The zero-order chi connectivity index (χ0) is 24.7. The number of unbranched alkanes of at least 4 members (excludes halogenated alkanes) is 1. The van der Waals surface area contributed by atoms with Gasteiger partial charge in [0.2, 0.25) is 5.79 Å². The van der Waals surface area contributed by atoms with E-state index in [1.807, 2.05) is 48.6 Å². The zero-order valence-electron chi connectivity index (χ0n) is 20.1. The minimum atomic E-state index is -0.865. The second-order valence-corrected chi connectivity index (χ2v) is 9.64. The van der Waals surface area contributed by atoms with Crippen LogP contribution in [0.15, 0.2) is 54.6 Å². The molecule has 0 radical (unpaired) electrons. The lowest BCUT2D eigenvalue weighted by Gasteiger charge is -2.30. The number of rotatable bonds is 12. The van der Waals surface area contributed by atoms with Gasteiger partial charge in [-0.25, -0.2) is 0 Å². The summed E-state index contributed by atoms with van der Waals surface area (Å²) in [6.45, 7) is 1.25. The summed E-state index contributed by atoms with van der Waals surface area (Å²) in [4.78, 5) is 10.6. The Morgan fingerprint density at radius 2 is 1.77 bits per heavy atom. The normalized spacial score (nSPS) is 26.0. The van der Waals surface area contributed by atoms with Crippen molar-refractivity contribution in [1.29, 1.82) is 0 Å². The molecule has 2 aliphatic rings. The molecule has 35 heavy (non-hydrogen) atoms. The third-order valence-electron chi connectivity index (χ3n) is 7.21. The summed E-state index contributed by atoms with van der Waals surface area (Å²) in [5.74, 6) is -1.03. The van der Waals surface area contributed by atoms with Crippen molar-refractivity contribution in [1.82, 2.24) is 0 Å². The summed E-state index contributed by atoms with van der Waals surface area (Å²) in [5, 5.41) is 32.2. The maximum absolute atomic E-state index is 10.6. The molecule has 7 heteroatoms. The van der Waals surface area contributed by atoms with Crippen LogP contribution < -0.4 is 4.74 Å². The van der Waals surface area contributed by atoms with Crippen LogP contribution in [0.4, 0.5) is 0 Å². The van der Waals surface area contributed by atoms with E-state index in [9.17, 15) is 15.0 Å². The van der Waals surface area contributed by atoms with Crippen LogP contribution in [-0.2, 0) is 14.3 Å². The smallest absolute Gasteiger partial charge is 0.303 e. The third-order valence-corrected chi connectivity index (χ3v) is 7.21. The minimum absolute atomic E-state index is 0.0550. The van der Waals surface area contributed by atoms with Gasteiger partial charge in [0, 0.05) is 12.8 Å².